The van der Waals surface area contributed by atoms with Crippen molar-refractivity contribution in [1.29, 1.82) is 0 Å². The molecule has 0 saturated carbocycles. The minimum Gasteiger partial charge on any atom is -0.339 e. The van der Waals surface area contributed by atoms with Gasteiger partial charge in [0.05, 0.1) is 5.02 Å². The fraction of sp³-hybridized carbons (Fsp3) is 0. The smallest absolute Gasteiger partial charge is 0.193 e. The average molecular weight is 307 g/mol. The molecular formula is C18H11ClN2O. The zero-order valence-electron chi connectivity index (χ0n) is 11.5. The number of benzene rings is 2. The Bertz CT molecular complexity index is 1010. The van der Waals surface area contributed by atoms with Crippen LogP contribution in [0, 0.1) is 0 Å². The Balaban J connectivity index is 1.94. The van der Waals surface area contributed by atoms with E-state index in [0.717, 1.165) is 21.9 Å². The summed E-state index contributed by atoms with van der Waals surface area (Å²) in [7, 11) is 0. The second-order valence-corrected chi connectivity index (χ2v) is 5.50. The molecule has 106 valence electrons. The van der Waals surface area contributed by atoms with Crippen molar-refractivity contribution in [2.24, 2.45) is 0 Å². The summed E-state index contributed by atoms with van der Waals surface area (Å²) in [6, 6.07) is 16.6. The van der Waals surface area contributed by atoms with Gasteiger partial charge in [-0.2, -0.15) is 0 Å². The summed E-state index contributed by atoms with van der Waals surface area (Å²) in [5.41, 5.74) is 2.96. The molecule has 4 rings (SSSR count). The van der Waals surface area contributed by atoms with Crippen molar-refractivity contribution in [3.63, 3.8) is 0 Å². The first-order valence-electron chi connectivity index (χ1n) is 6.90. The maximum absolute atomic E-state index is 12.6. The predicted octanol–water partition coefficient (Wildman–Crippen LogP) is 4.60. The highest BCUT2D eigenvalue weighted by Crippen LogP contribution is 2.31. The van der Waals surface area contributed by atoms with Crippen molar-refractivity contribution < 1.29 is 4.79 Å². The molecule has 2 aromatic carbocycles. The molecule has 4 heteroatoms. The maximum Gasteiger partial charge on any atom is 0.193 e. The summed E-state index contributed by atoms with van der Waals surface area (Å²) in [4.78, 5) is 20.1. The van der Waals surface area contributed by atoms with Gasteiger partial charge in [-0.1, -0.05) is 41.9 Å². The number of hydrogen-bond donors (Lipinski definition) is 1. The molecule has 0 radical (unpaired) electrons. The quantitative estimate of drug-likeness (QED) is 0.550. The lowest BCUT2D eigenvalue weighted by Gasteiger charge is -2.02. The van der Waals surface area contributed by atoms with Crippen LogP contribution < -0.4 is 0 Å². The third-order valence-corrected chi connectivity index (χ3v) is 4.06. The van der Waals surface area contributed by atoms with E-state index in [1.807, 2.05) is 48.5 Å². The number of rotatable bonds is 2. The molecule has 0 unspecified atom stereocenters. The van der Waals surface area contributed by atoms with Crippen LogP contribution in [0.3, 0.4) is 0 Å². The minimum atomic E-state index is -0.00290. The zero-order valence-corrected chi connectivity index (χ0v) is 12.3. The maximum atomic E-state index is 12.6. The summed E-state index contributed by atoms with van der Waals surface area (Å²) < 4.78 is 0. The predicted molar refractivity (Wildman–Crippen MR) is 88.5 cm³/mol. The van der Waals surface area contributed by atoms with Gasteiger partial charge >= 0.3 is 0 Å². The van der Waals surface area contributed by atoms with E-state index in [-0.39, 0.29) is 5.78 Å². The number of aromatic amines is 1. The van der Waals surface area contributed by atoms with Crippen molar-refractivity contribution in [3.8, 4) is 0 Å². The van der Waals surface area contributed by atoms with E-state index in [1.54, 1.807) is 12.3 Å². The van der Waals surface area contributed by atoms with Gasteiger partial charge in [0.15, 0.2) is 5.78 Å². The van der Waals surface area contributed by atoms with Gasteiger partial charge < -0.3 is 4.98 Å². The number of carbonyl (C=O) groups excluding carboxylic acids is 1. The average Bonchev–Trinajstić information content (AvgIpc) is 2.94. The number of fused-ring (bicyclic) bond motifs is 3. The van der Waals surface area contributed by atoms with Crippen molar-refractivity contribution >= 4 is 39.3 Å². The second kappa shape index (κ2) is 4.97. The topological polar surface area (TPSA) is 45.8 Å². The summed E-state index contributed by atoms with van der Waals surface area (Å²) in [5, 5.41) is 2.39. The molecule has 1 N–H and O–H groups in total. The number of nitrogens with one attached hydrogen (secondary N) is 1. The lowest BCUT2D eigenvalue weighted by Crippen LogP contribution is -2.00. The van der Waals surface area contributed by atoms with E-state index in [4.69, 9.17) is 11.6 Å². The first kappa shape index (κ1) is 13.0. The number of halogens is 1. The summed E-state index contributed by atoms with van der Waals surface area (Å²) in [6.07, 6.45) is 1.66. The highest BCUT2D eigenvalue weighted by atomic mass is 35.5. The molecule has 0 spiro atoms. The van der Waals surface area contributed by atoms with Crippen LogP contribution >= 0.6 is 11.6 Å². The van der Waals surface area contributed by atoms with Crippen LogP contribution in [0.2, 0.25) is 5.02 Å². The first-order valence-corrected chi connectivity index (χ1v) is 7.27. The van der Waals surface area contributed by atoms with Gasteiger partial charge in [0.25, 0.3) is 0 Å². The molecule has 0 amide bonds. The van der Waals surface area contributed by atoms with E-state index in [0.29, 0.717) is 16.1 Å². The molecule has 0 aliphatic rings. The molecule has 0 saturated heterocycles. The summed E-state index contributed by atoms with van der Waals surface area (Å²) in [6.45, 7) is 0. The highest BCUT2D eigenvalue weighted by Gasteiger charge is 2.13. The van der Waals surface area contributed by atoms with Crippen molar-refractivity contribution in [2.45, 2.75) is 0 Å². The lowest BCUT2D eigenvalue weighted by atomic mass is 10.0. The van der Waals surface area contributed by atoms with E-state index in [2.05, 4.69) is 9.97 Å². The standard InChI is InChI=1S/C18H11ClN2O/c19-14-8-9-20-18-16(14)13-10-12(6-7-15(13)21-18)17(22)11-4-2-1-3-5-11/h1-10H,(H,20,21). The molecule has 0 aliphatic heterocycles. The number of carbonyl (C=O) groups is 1. The van der Waals surface area contributed by atoms with Crippen LogP contribution in [0.25, 0.3) is 21.9 Å². The van der Waals surface area contributed by atoms with Crippen molar-refractivity contribution in [1.82, 2.24) is 9.97 Å². The van der Waals surface area contributed by atoms with E-state index >= 15 is 0 Å². The molecule has 0 aliphatic carbocycles. The Kier molecular flexibility index (Phi) is 2.94. The fourth-order valence-corrected chi connectivity index (χ4v) is 2.92. The van der Waals surface area contributed by atoms with Gasteiger partial charge in [-0.05, 0) is 24.3 Å². The molecular weight excluding hydrogens is 296 g/mol. The molecule has 22 heavy (non-hydrogen) atoms. The molecule has 0 fully saturated rings. The van der Waals surface area contributed by atoms with Gasteiger partial charge in [-0.15, -0.1) is 0 Å². The SMILES string of the molecule is O=C(c1ccccc1)c1ccc2[nH]c3nccc(Cl)c3c2c1. The van der Waals surface area contributed by atoms with E-state index < -0.39 is 0 Å². The lowest BCUT2D eigenvalue weighted by molar-refractivity contribution is 0.103. The Morgan fingerprint density at radius 1 is 1.00 bits per heavy atom. The monoisotopic (exact) mass is 306 g/mol. The number of H-pyrrole nitrogens is 1. The van der Waals surface area contributed by atoms with Gasteiger partial charge in [-0.25, -0.2) is 4.98 Å². The summed E-state index contributed by atoms with van der Waals surface area (Å²) >= 11 is 6.28. The van der Waals surface area contributed by atoms with Crippen LogP contribution in [0.1, 0.15) is 15.9 Å². The third kappa shape index (κ3) is 1.98. The Labute approximate surface area is 131 Å². The molecule has 3 nitrogen and oxygen atoms in total. The van der Waals surface area contributed by atoms with Crippen LogP contribution in [-0.4, -0.2) is 15.8 Å². The fourth-order valence-electron chi connectivity index (χ4n) is 2.67. The second-order valence-electron chi connectivity index (χ2n) is 5.10. The largest absolute Gasteiger partial charge is 0.339 e. The van der Waals surface area contributed by atoms with Crippen LogP contribution in [-0.2, 0) is 0 Å². The number of pyridine rings is 1. The van der Waals surface area contributed by atoms with Gasteiger partial charge in [0.1, 0.15) is 5.65 Å². The molecule has 0 bridgehead atoms. The minimum absolute atomic E-state index is 0.00290. The van der Waals surface area contributed by atoms with Crippen LogP contribution in [0.5, 0.6) is 0 Å². The molecule has 2 aromatic heterocycles. The summed E-state index contributed by atoms with van der Waals surface area (Å²) in [5.74, 6) is -0.00290. The third-order valence-electron chi connectivity index (χ3n) is 3.74. The first-order chi connectivity index (χ1) is 10.7. The van der Waals surface area contributed by atoms with E-state index in [9.17, 15) is 4.79 Å². The van der Waals surface area contributed by atoms with Crippen molar-refractivity contribution in [3.05, 3.63) is 76.9 Å². The molecule has 0 atom stereocenters. The highest BCUT2D eigenvalue weighted by molar-refractivity contribution is 6.37. The van der Waals surface area contributed by atoms with Gasteiger partial charge in [0, 0.05) is 33.6 Å². The number of aromatic nitrogens is 2. The normalized spacial score (nSPS) is 11.1. The molecule has 2 heterocycles. The molecule has 4 aromatic rings. The van der Waals surface area contributed by atoms with Gasteiger partial charge in [-0.3, -0.25) is 4.79 Å². The van der Waals surface area contributed by atoms with Gasteiger partial charge in [0.2, 0.25) is 0 Å². The zero-order chi connectivity index (χ0) is 15.1. The number of ketones is 1. The van der Waals surface area contributed by atoms with Crippen LogP contribution in [0.4, 0.5) is 0 Å². The Morgan fingerprint density at radius 3 is 2.64 bits per heavy atom. The van der Waals surface area contributed by atoms with Crippen molar-refractivity contribution in [2.75, 3.05) is 0 Å². The number of hydrogen-bond acceptors (Lipinski definition) is 2. The Morgan fingerprint density at radius 2 is 1.82 bits per heavy atom. The van der Waals surface area contributed by atoms with Crippen LogP contribution in [0.15, 0.2) is 60.8 Å². The number of nitrogens with zero attached hydrogens (tertiary/aromatic N) is 1. The van der Waals surface area contributed by atoms with E-state index in [1.165, 1.54) is 0 Å². The Hall–Kier alpha value is -2.65.